The van der Waals surface area contributed by atoms with Crippen molar-refractivity contribution in [1.82, 2.24) is 0 Å². The predicted molar refractivity (Wildman–Crippen MR) is 88.9 cm³/mol. The molecule has 0 radical (unpaired) electrons. The van der Waals surface area contributed by atoms with Crippen molar-refractivity contribution in [3.63, 3.8) is 0 Å². The number of amides is 2. The zero-order valence-electron chi connectivity index (χ0n) is 15.3. The van der Waals surface area contributed by atoms with Gasteiger partial charge in [-0.15, -0.1) is 0 Å². The van der Waals surface area contributed by atoms with Crippen LogP contribution in [0.5, 0.6) is 0 Å². The van der Waals surface area contributed by atoms with E-state index in [2.05, 4.69) is 0 Å². The number of benzene rings is 1. The van der Waals surface area contributed by atoms with Gasteiger partial charge in [-0.05, 0) is 32.0 Å². The van der Waals surface area contributed by atoms with Crippen molar-refractivity contribution >= 4 is 17.5 Å². The molecular formula is C19H17F3N2O4. The summed E-state index contributed by atoms with van der Waals surface area (Å²) >= 11 is 0. The molecule has 5 atom stereocenters. The van der Waals surface area contributed by atoms with E-state index in [4.69, 9.17) is 14.7 Å². The lowest BCUT2D eigenvalue weighted by Crippen LogP contribution is -2.49. The SMILES string of the molecule is COC1CC2(C)O[C@]1(C)[C@H]1C(=O)N(c3ccc(C#N)c(C(F)(F)F)c3)C(=O)[C@@H]12. The minimum absolute atomic E-state index is 0.198. The Balaban J connectivity index is 1.80. The molecule has 0 saturated carbocycles. The lowest BCUT2D eigenvalue weighted by atomic mass is 9.67. The van der Waals surface area contributed by atoms with E-state index in [1.165, 1.54) is 19.2 Å². The summed E-state index contributed by atoms with van der Waals surface area (Å²) in [6.45, 7) is 3.43. The Bertz CT molecular complexity index is 940. The van der Waals surface area contributed by atoms with Crippen LogP contribution in [0.15, 0.2) is 18.2 Å². The van der Waals surface area contributed by atoms with Crippen LogP contribution in [0.1, 0.15) is 31.4 Å². The number of halogens is 3. The van der Waals surface area contributed by atoms with E-state index < -0.39 is 58.3 Å². The molecule has 3 aliphatic heterocycles. The van der Waals surface area contributed by atoms with Gasteiger partial charge >= 0.3 is 6.18 Å². The molecule has 3 aliphatic rings. The number of fused-ring (bicyclic) bond motifs is 5. The summed E-state index contributed by atoms with van der Waals surface area (Å²) in [7, 11) is 1.49. The number of rotatable bonds is 2. The van der Waals surface area contributed by atoms with E-state index in [-0.39, 0.29) is 5.69 Å². The molecule has 4 rings (SSSR count). The van der Waals surface area contributed by atoms with Gasteiger partial charge in [-0.1, -0.05) is 0 Å². The van der Waals surface area contributed by atoms with Crippen LogP contribution in [0.25, 0.3) is 0 Å². The Morgan fingerprint density at radius 1 is 1.25 bits per heavy atom. The molecule has 9 heteroatoms. The summed E-state index contributed by atoms with van der Waals surface area (Å²) in [4.78, 5) is 27.0. The second kappa shape index (κ2) is 5.55. The number of hydrogen-bond acceptors (Lipinski definition) is 5. The second-order valence-corrected chi connectivity index (χ2v) is 7.83. The lowest BCUT2D eigenvalue weighted by Gasteiger charge is -2.34. The highest BCUT2D eigenvalue weighted by Crippen LogP contribution is 2.61. The van der Waals surface area contributed by atoms with E-state index in [0.717, 1.165) is 11.0 Å². The third-order valence-corrected chi connectivity index (χ3v) is 6.24. The molecule has 6 nitrogen and oxygen atoms in total. The van der Waals surface area contributed by atoms with Crippen molar-refractivity contribution in [2.75, 3.05) is 12.0 Å². The number of imide groups is 1. The van der Waals surface area contributed by atoms with Crippen molar-refractivity contribution in [3.8, 4) is 6.07 Å². The van der Waals surface area contributed by atoms with E-state index in [0.29, 0.717) is 12.5 Å². The molecule has 0 aromatic heterocycles. The van der Waals surface area contributed by atoms with Gasteiger partial charge in [-0.2, -0.15) is 18.4 Å². The first kappa shape index (κ1) is 18.9. The highest BCUT2D eigenvalue weighted by atomic mass is 19.4. The van der Waals surface area contributed by atoms with Crippen LogP contribution in [-0.2, 0) is 25.2 Å². The average Bonchev–Trinajstić information content (AvgIpc) is 3.14. The van der Waals surface area contributed by atoms with Crippen molar-refractivity contribution in [2.45, 2.75) is 43.8 Å². The number of nitriles is 1. The molecule has 148 valence electrons. The summed E-state index contributed by atoms with van der Waals surface area (Å²) in [5.74, 6) is -2.83. The maximum absolute atomic E-state index is 13.3. The van der Waals surface area contributed by atoms with Gasteiger partial charge in [0, 0.05) is 13.5 Å². The van der Waals surface area contributed by atoms with E-state index in [1.807, 2.05) is 0 Å². The zero-order valence-corrected chi connectivity index (χ0v) is 15.3. The Hall–Kier alpha value is -2.44. The van der Waals surface area contributed by atoms with Crippen LogP contribution < -0.4 is 4.90 Å². The number of carbonyl (C=O) groups is 2. The van der Waals surface area contributed by atoms with Crippen molar-refractivity contribution < 1.29 is 32.2 Å². The van der Waals surface area contributed by atoms with Gasteiger partial charge < -0.3 is 9.47 Å². The number of anilines is 1. The topological polar surface area (TPSA) is 79.6 Å². The average molecular weight is 394 g/mol. The van der Waals surface area contributed by atoms with Crippen molar-refractivity contribution in [3.05, 3.63) is 29.3 Å². The first-order valence-corrected chi connectivity index (χ1v) is 8.70. The maximum Gasteiger partial charge on any atom is 0.417 e. The molecule has 3 heterocycles. The lowest BCUT2D eigenvalue weighted by molar-refractivity contribution is -0.138. The van der Waals surface area contributed by atoms with E-state index >= 15 is 0 Å². The first-order chi connectivity index (χ1) is 13.0. The minimum Gasteiger partial charge on any atom is -0.378 e. The fourth-order valence-corrected chi connectivity index (χ4v) is 5.07. The number of carbonyl (C=O) groups excluding carboxylic acids is 2. The van der Waals surface area contributed by atoms with Crippen LogP contribution >= 0.6 is 0 Å². The molecule has 0 N–H and O–H groups in total. The summed E-state index contributed by atoms with van der Waals surface area (Å²) in [6, 6.07) is 4.32. The summed E-state index contributed by atoms with van der Waals surface area (Å²) in [5, 5.41) is 8.95. The standard InChI is InChI=1S/C19H17F3N2O4/c1-17-7-12(27-3)18(2,28-17)14-13(17)15(25)24(16(14)26)10-5-4-9(8-23)11(6-10)19(20,21)22/h4-6,12-14H,7H2,1-3H3/t12?,13-,14-,17?,18+/m1/s1. The highest BCUT2D eigenvalue weighted by molar-refractivity contribution is 6.23. The molecule has 2 unspecified atom stereocenters. The third-order valence-electron chi connectivity index (χ3n) is 6.24. The van der Waals surface area contributed by atoms with E-state index in [9.17, 15) is 22.8 Å². The van der Waals surface area contributed by atoms with Gasteiger partial charge in [0.25, 0.3) is 0 Å². The van der Waals surface area contributed by atoms with Gasteiger partial charge in [0.05, 0.1) is 46.4 Å². The summed E-state index contributed by atoms with van der Waals surface area (Å²) < 4.78 is 51.4. The molecule has 28 heavy (non-hydrogen) atoms. The monoisotopic (exact) mass is 394 g/mol. The smallest absolute Gasteiger partial charge is 0.378 e. The minimum atomic E-state index is -4.79. The van der Waals surface area contributed by atoms with Gasteiger partial charge in [-0.3, -0.25) is 9.59 Å². The largest absolute Gasteiger partial charge is 0.417 e. The zero-order chi connectivity index (χ0) is 20.6. The molecule has 3 saturated heterocycles. The number of hydrogen-bond donors (Lipinski definition) is 0. The van der Waals surface area contributed by atoms with Gasteiger partial charge in [0.15, 0.2) is 0 Å². The van der Waals surface area contributed by atoms with Crippen LogP contribution in [0, 0.1) is 23.2 Å². The fraction of sp³-hybridized carbons (Fsp3) is 0.526. The Labute approximate surface area is 158 Å². The number of alkyl halides is 3. The molecular weight excluding hydrogens is 377 g/mol. The molecule has 0 spiro atoms. The maximum atomic E-state index is 13.3. The number of methoxy groups -OCH3 is 1. The normalized spacial score (nSPS) is 36.8. The number of ether oxygens (including phenoxy) is 2. The van der Waals surface area contributed by atoms with Crippen molar-refractivity contribution in [1.29, 1.82) is 5.26 Å². The molecule has 1 aromatic rings. The van der Waals surface area contributed by atoms with Gasteiger partial charge in [-0.25, -0.2) is 4.90 Å². The Morgan fingerprint density at radius 3 is 2.46 bits per heavy atom. The molecule has 2 amide bonds. The first-order valence-electron chi connectivity index (χ1n) is 8.70. The van der Waals surface area contributed by atoms with Crippen LogP contribution in [0.4, 0.5) is 18.9 Å². The Kier molecular flexibility index (Phi) is 3.75. The molecule has 1 aromatic carbocycles. The van der Waals surface area contributed by atoms with Gasteiger partial charge in [0.1, 0.15) is 5.60 Å². The number of nitrogens with zero attached hydrogens (tertiary/aromatic N) is 2. The second-order valence-electron chi connectivity index (χ2n) is 7.83. The van der Waals surface area contributed by atoms with Crippen molar-refractivity contribution in [2.24, 2.45) is 11.8 Å². The fourth-order valence-electron chi connectivity index (χ4n) is 5.07. The summed E-state index contributed by atoms with van der Waals surface area (Å²) in [6.07, 6.45) is -4.78. The molecule has 2 bridgehead atoms. The molecule has 0 aliphatic carbocycles. The Morgan fingerprint density at radius 2 is 1.89 bits per heavy atom. The quantitative estimate of drug-likeness (QED) is 0.721. The van der Waals surface area contributed by atoms with Crippen LogP contribution in [0.3, 0.4) is 0 Å². The van der Waals surface area contributed by atoms with E-state index in [1.54, 1.807) is 13.8 Å². The third kappa shape index (κ3) is 2.22. The highest BCUT2D eigenvalue weighted by Gasteiger charge is 2.76. The van der Waals surface area contributed by atoms with Gasteiger partial charge in [0.2, 0.25) is 11.8 Å². The molecule has 3 fully saturated rings. The summed E-state index contributed by atoms with van der Waals surface area (Å²) in [5.41, 5.74) is -3.92. The predicted octanol–water partition coefficient (Wildman–Crippen LogP) is 2.65. The van der Waals surface area contributed by atoms with Crippen LogP contribution in [0.2, 0.25) is 0 Å². The van der Waals surface area contributed by atoms with Crippen LogP contribution in [-0.4, -0.2) is 36.2 Å².